The summed E-state index contributed by atoms with van der Waals surface area (Å²) in [4.78, 5) is 4.64. The maximum Gasteiger partial charge on any atom is 0.170 e. The normalized spacial score (nSPS) is 24.0. The van der Waals surface area contributed by atoms with Crippen molar-refractivity contribution in [1.82, 2.24) is 4.90 Å². The van der Waals surface area contributed by atoms with Crippen molar-refractivity contribution in [3.05, 3.63) is 29.6 Å². The summed E-state index contributed by atoms with van der Waals surface area (Å²) in [6, 6.07) is 5.30. The molecule has 1 unspecified atom stereocenters. The van der Waals surface area contributed by atoms with Gasteiger partial charge in [0.2, 0.25) is 0 Å². The Morgan fingerprint density at radius 3 is 2.86 bits per heavy atom. The van der Waals surface area contributed by atoms with Crippen LogP contribution in [-0.2, 0) is 0 Å². The van der Waals surface area contributed by atoms with Crippen molar-refractivity contribution < 1.29 is 9.60 Å². The van der Waals surface area contributed by atoms with Gasteiger partial charge in [0.25, 0.3) is 0 Å². The van der Waals surface area contributed by atoms with Crippen LogP contribution in [0.2, 0.25) is 0 Å². The first kappa shape index (κ1) is 14.1. The summed E-state index contributed by atoms with van der Waals surface area (Å²) >= 11 is 0. The van der Waals surface area contributed by atoms with Crippen molar-refractivity contribution >= 4 is 11.5 Å². The third kappa shape index (κ3) is 2.81. The van der Waals surface area contributed by atoms with Crippen LogP contribution in [0.15, 0.2) is 23.4 Å². The number of oxime groups is 1. The van der Waals surface area contributed by atoms with Crippen LogP contribution in [0, 0.1) is 5.82 Å². The van der Waals surface area contributed by atoms with Crippen molar-refractivity contribution in [1.29, 1.82) is 0 Å². The van der Waals surface area contributed by atoms with E-state index in [2.05, 4.69) is 15.0 Å². The van der Waals surface area contributed by atoms with E-state index in [4.69, 9.17) is 10.9 Å². The summed E-state index contributed by atoms with van der Waals surface area (Å²) in [7, 11) is 0. The van der Waals surface area contributed by atoms with Gasteiger partial charge in [0.15, 0.2) is 5.84 Å². The Kier molecular flexibility index (Phi) is 3.96. The Hall–Kier alpha value is -1.82. The number of halogens is 1. The van der Waals surface area contributed by atoms with Crippen LogP contribution in [0.5, 0.6) is 0 Å². The molecule has 1 aromatic rings. The third-order valence-electron chi connectivity index (χ3n) is 4.50. The number of amidine groups is 1. The van der Waals surface area contributed by atoms with Crippen LogP contribution in [0.3, 0.4) is 0 Å². The molecule has 114 valence electrons. The Morgan fingerprint density at radius 2 is 2.10 bits per heavy atom. The predicted molar refractivity (Wildman–Crippen MR) is 80.3 cm³/mol. The lowest BCUT2D eigenvalue weighted by Gasteiger charge is -2.27. The number of rotatable bonds is 2. The van der Waals surface area contributed by atoms with E-state index in [0.717, 1.165) is 26.1 Å². The van der Waals surface area contributed by atoms with Gasteiger partial charge in [-0.05, 0) is 44.0 Å². The molecule has 1 atom stereocenters. The minimum absolute atomic E-state index is 0.0710. The van der Waals surface area contributed by atoms with Gasteiger partial charge in [-0.2, -0.15) is 0 Å². The van der Waals surface area contributed by atoms with Crippen LogP contribution < -0.4 is 10.6 Å². The fourth-order valence-corrected chi connectivity index (χ4v) is 3.41. The maximum absolute atomic E-state index is 14.4. The zero-order chi connectivity index (χ0) is 14.8. The number of nitrogens with two attached hydrogens (primary N) is 1. The number of hydrogen-bond donors (Lipinski definition) is 2. The van der Waals surface area contributed by atoms with Crippen molar-refractivity contribution in [3.63, 3.8) is 0 Å². The van der Waals surface area contributed by atoms with Gasteiger partial charge in [-0.3, -0.25) is 4.90 Å². The van der Waals surface area contributed by atoms with E-state index in [-0.39, 0.29) is 11.7 Å². The molecule has 5 nitrogen and oxygen atoms in total. The van der Waals surface area contributed by atoms with Crippen molar-refractivity contribution in [2.45, 2.75) is 25.3 Å². The Bertz CT molecular complexity index is 548. The Morgan fingerprint density at radius 1 is 1.29 bits per heavy atom. The predicted octanol–water partition coefficient (Wildman–Crippen LogP) is 1.59. The lowest BCUT2D eigenvalue weighted by molar-refractivity contribution is 0.273. The fraction of sp³-hybridized carbons (Fsp3) is 0.533. The van der Waals surface area contributed by atoms with E-state index in [0.29, 0.717) is 17.3 Å². The molecule has 6 heteroatoms. The summed E-state index contributed by atoms with van der Waals surface area (Å²) in [5.74, 6) is -0.385. The van der Waals surface area contributed by atoms with Gasteiger partial charge in [-0.25, -0.2) is 4.39 Å². The minimum Gasteiger partial charge on any atom is -0.409 e. The van der Waals surface area contributed by atoms with Gasteiger partial charge in [0.1, 0.15) is 5.82 Å². The highest BCUT2D eigenvalue weighted by molar-refractivity contribution is 5.97. The molecule has 3 rings (SSSR count). The molecular weight excluding hydrogens is 271 g/mol. The first-order chi connectivity index (χ1) is 10.2. The van der Waals surface area contributed by atoms with E-state index < -0.39 is 0 Å². The molecule has 0 aliphatic carbocycles. The molecule has 1 aromatic carbocycles. The highest BCUT2D eigenvalue weighted by atomic mass is 19.1. The number of fused-ring (bicyclic) bond motifs is 1. The van der Waals surface area contributed by atoms with Crippen molar-refractivity contribution in [3.8, 4) is 0 Å². The number of hydrogen-bond acceptors (Lipinski definition) is 4. The van der Waals surface area contributed by atoms with Crippen molar-refractivity contribution in [2.24, 2.45) is 10.9 Å². The van der Waals surface area contributed by atoms with Gasteiger partial charge in [0.05, 0.1) is 5.69 Å². The van der Waals surface area contributed by atoms with Crippen LogP contribution in [0.1, 0.15) is 24.8 Å². The molecule has 0 aromatic heterocycles. The maximum atomic E-state index is 14.4. The van der Waals surface area contributed by atoms with Gasteiger partial charge in [-0.1, -0.05) is 5.16 Å². The van der Waals surface area contributed by atoms with Crippen LogP contribution >= 0.6 is 0 Å². The quantitative estimate of drug-likeness (QED) is 0.376. The topological polar surface area (TPSA) is 65.1 Å². The summed E-state index contributed by atoms with van der Waals surface area (Å²) in [6.45, 7) is 4.01. The van der Waals surface area contributed by atoms with Gasteiger partial charge >= 0.3 is 0 Å². The summed E-state index contributed by atoms with van der Waals surface area (Å²) in [5.41, 5.74) is 6.51. The zero-order valence-electron chi connectivity index (χ0n) is 12.0. The number of nitrogens with zero attached hydrogens (tertiary/aromatic N) is 3. The molecule has 2 fully saturated rings. The minimum atomic E-state index is -0.314. The van der Waals surface area contributed by atoms with Crippen LogP contribution in [-0.4, -0.2) is 48.2 Å². The Balaban J connectivity index is 1.82. The van der Waals surface area contributed by atoms with E-state index in [1.807, 2.05) is 0 Å². The second-order valence-corrected chi connectivity index (χ2v) is 5.78. The highest BCUT2D eigenvalue weighted by Gasteiger charge is 2.29. The van der Waals surface area contributed by atoms with Gasteiger partial charge in [-0.15, -0.1) is 0 Å². The lowest BCUT2D eigenvalue weighted by Crippen LogP contribution is -2.37. The smallest absolute Gasteiger partial charge is 0.170 e. The van der Waals surface area contributed by atoms with Crippen LogP contribution in [0.4, 0.5) is 10.1 Å². The standard InChI is InChI=1S/C15H21FN4O/c16-13-9-11(15(17)18-21)4-5-14(13)20-8-2-7-19-6-1-3-12(19)10-20/h4-5,9,12,21H,1-3,6-8,10H2,(H2,17,18). The fourth-order valence-electron chi connectivity index (χ4n) is 3.41. The molecule has 0 radical (unpaired) electrons. The average molecular weight is 292 g/mol. The SMILES string of the molecule is NC(=NO)c1ccc(N2CCCN3CCCC3C2)c(F)c1. The zero-order valence-corrected chi connectivity index (χ0v) is 12.0. The molecule has 2 saturated heterocycles. The van der Waals surface area contributed by atoms with E-state index in [1.165, 1.54) is 25.5 Å². The molecule has 21 heavy (non-hydrogen) atoms. The summed E-state index contributed by atoms with van der Waals surface area (Å²) in [6.07, 6.45) is 3.49. The summed E-state index contributed by atoms with van der Waals surface area (Å²) < 4.78 is 14.4. The lowest BCUT2D eigenvalue weighted by atomic mass is 10.1. The highest BCUT2D eigenvalue weighted by Crippen LogP contribution is 2.27. The first-order valence-corrected chi connectivity index (χ1v) is 7.45. The number of anilines is 1. The molecule has 2 aliphatic rings. The first-order valence-electron chi connectivity index (χ1n) is 7.45. The molecule has 0 bridgehead atoms. The van der Waals surface area contributed by atoms with Crippen LogP contribution in [0.25, 0.3) is 0 Å². The molecule has 0 amide bonds. The van der Waals surface area contributed by atoms with E-state index >= 15 is 0 Å². The monoisotopic (exact) mass is 292 g/mol. The third-order valence-corrected chi connectivity index (χ3v) is 4.50. The van der Waals surface area contributed by atoms with E-state index in [9.17, 15) is 4.39 Å². The number of benzene rings is 1. The Labute approximate surface area is 123 Å². The molecule has 2 aliphatic heterocycles. The molecular formula is C15H21FN4O. The average Bonchev–Trinajstić information content (AvgIpc) is 2.83. The van der Waals surface area contributed by atoms with Gasteiger partial charge in [0, 0.05) is 31.2 Å². The molecule has 3 N–H and O–H groups in total. The van der Waals surface area contributed by atoms with Gasteiger partial charge < -0.3 is 15.8 Å². The molecule has 0 saturated carbocycles. The molecule has 2 heterocycles. The summed E-state index contributed by atoms with van der Waals surface area (Å²) in [5, 5.41) is 11.6. The second-order valence-electron chi connectivity index (χ2n) is 5.78. The van der Waals surface area contributed by atoms with Crippen molar-refractivity contribution in [2.75, 3.05) is 31.1 Å². The van der Waals surface area contributed by atoms with E-state index in [1.54, 1.807) is 12.1 Å². The largest absolute Gasteiger partial charge is 0.409 e. The second kappa shape index (κ2) is 5.89. The molecule has 0 spiro atoms.